The number of nitrogens with zero attached hydrogens (tertiary/aromatic N) is 1. The van der Waals surface area contributed by atoms with Crippen molar-refractivity contribution in [2.24, 2.45) is 5.92 Å². The van der Waals surface area contributed by atoms with E-state index < -0.39 is 18.1 Å². The van der Waals surface area contributed by atoms with E-state index in [0.717, 1.165) is 7.11 Å². The van der Waals surface area contributed by atoms with E-state index in [1.54, 1.807) is 13.8 Å². The fourth-order valence-corrected chi connectivity index (χ4v) is 1.22. The first-order chi connectivity index (χ1) is 7.68. The van der Waals surface area contributed by atoms with Crippen molar-refractivity contribution in [2.45, 2.75) is 26.4 Å². The van der Waals surface area contributed by atoms with Gasteiger partial charge in [0.15, 0.2) is 0 Å². The maximum absolute atomic E-state index is 12.2. The second-order valence-electron chi connectivity index (χ2n) is 3.97. The number of methoxy groups -OCH3 is 1. The van der Waals surface area contributed by atoms with Gasteiger partial charge in [0, 0.05) is 13.1 Å². The van der Waals surface area contributed by atoms with E-state index in [0.29, 0.717) is 4.90 Å². The molecule has 0 fully saturated rings. The van der Waals surface area contributed by atoms with Gasteiger partial charge in [0.2, 0.25) is 0 Å². The van der Waals surface area contributed by atoms with Crippen molar-refractivity contribution < 1.29 is 27.5 Å². The minimum Gasteiger partial charge on any atom is -0.469 e. The Hall–Kier alpha value is -1.27. The molecule has 100 valence electrons. The molecule has 0 heterocycles. The lowest BCUT2D eigenvalue weighted by Crippen LogP contribution is -2.43. The number of carbonyl (C=O) groups is 2. The molecule has 0 saturated carbocycles. The molecule has 0 radical (unpaired) electrons. The second kappa shape index (κ2) is 6.46. The molecule has 0 aliphatic rings. The highest BCUT2D eigenvalue weighted by Gasteiger charge is 2.42. The first-order valence-electron chi connectivity index (χ1n) is 5.11. The fraction of sp³-hybridized carbons (Fsp3) is 0.800. The van der Waals surface area contributed by atoms with E-state index in [4.69, 9.17) is 0 Å². The van der Waals surface area contributed by atoms with Crippen LogP contribution in [0.5, 0.6) is 0 Å². The molecule has 4 nitrogen and oxygen atoms in total. The van der Waals surface area contributed by atoms with E-state index in [1.165, 1.54) is 0 Å². The standard InChI is InChI=1S/C10H16F3NO3/c1-7(2)6-14(5-4-8(15)17-3)9(16)10(11,12)13/h7H,4-6H2,1-3H3. The van der Waals surface area contributed by atoms with Gasteiger partial charge in [-0.05, 0) is 5.92 Å². The topological polar surface area (TPSA) is 46.6 Å². The zero-order valence-corrected chi connectivity index (χ0v) is 10.0. The molecule has 0 N–H and O–H groups in total. The smallest absolute Gasteiger partial charge is 0.469 e. The molecule has 17 heavy (non-hydrogen) atoms. The van der Waals surface area contributed by atoms with Crippen LogP contribution in [0.3, 0.4) is 0 Å². The number of alkyl halides is 3. The van der Waals surface area contributed by atoms with Crippen LogP contribution in [0.15, 0.2) is 0 Å². The van der Waals surface area contributed by atoms with Crippen molar-refractivity contribution in [1.29, 1.82) is 0 Å². The van der Waals surface area contributed by atoms with Crippen LogP contribution in [0, 0.1) is 5.92 Å². The number of hydrogen-bond acceptors (Lipinski definition) is 3. The number of hydrogen-bond donors (Lipinski definition) is 0. The Balaban J connectivity index is 4.54. The second-order valence-corrected chi connectivity index (χ2v) is 3.97. The molecule has 1 amide bonds. The maximum Gasteiger partial charge on any atom is 0.471 e. The molecule has 0 atom stereocenters. The van der Waals surface area contributed by atoms with Crippen LogP contribution in [0.1, 0.15) is 20.3 Å². The highest BCUT2D eigenvalue weighted by molar-refractivity contribution is 5.82. The van der Waals surface area contributed by atoms with Crippen LogP contribution in [-0.2, 0) is 14.3 Å². The van der Waals surface area contributed by atoms with Crippen LogP contribution in [-0.4, -0.2) is 43.2 Å². The molecule has 0 aromatic heterocycles. The lowest BCUT2D eigenvalue weighted by molar-refractivity contribution is -0.186. The molecule has 0 aliphatic heterocycles. The summed E-state index contributed by atoms with van der Waals surface area (Å²) in [5.41, 5.74) is 0. The summed E-state index contributed by atoms with van der Waals surface area (Å²) in [6, 6.07) is 0. The van der Waals surface area contributed by atoms with Crippen LogP contribution in [0.4, 0.5) is 13.2 Å². The molecule has 0 spiro atoms. The summed E-state index contributed by atoms with van der Waals surface area (Å²) in [6.45, 7) is 3.04. The maximum atomic E-state index is 12.2. The minimum atomic E-state index is -4.91. The fourth-order valence-electron chi connectivity index (χ4n) is 1.22. The first kappa shape index (κ1) is 15.7. The van der Waals surface area contributed by atoms with Gasteiger partial charge in [0.1, 0.15) is 0 Å². The average Bonchev–Trinajstić information content (AvgIpc) is 2.20. The number of amides is 1. The van der Waals surface area contributed by atoms with E-state index >= 15 is 0 Å². The van der Waals surface area contributed by atoms with Crippen molar-refractivity contribution in [3.05, 3.63) is 0 Å². The predicted octanol–water partition coefficient (Wildman–Crippen LogP) is 1.60. The monoisotopic (exact) mass is 255 g/mol. The third-order valence-electron chi connectivity index (χ3n) is 1.93. The predicted molar refractivity (Wildman–Crippen MR) is 54.1 cm³/mol. The Labute approximate surface area is 97.7 Å². The summed E-state index contributed by atoms with van der Waals surface area (Å²) in [6.07, 6.45) is -5.16. The van der Waals surface area contributed by atoms with Crippen molar-refractivity contribution in [2.75, 3.05) is 20.2 Å². The van der Waals surface area contributed by atoms with Gasteiger partial charge in [0.25, 0.3) is 0 Å². The van der Waals surface area contributed by atoms with Crippen molar-refractivity contribution in [3.8, 4) is 0 Å². The molecule has 0 rings (SSSR count). The number of halogens is 3. The zero-order valence-electron chi connectivity index (χ0n) is 10.0. The third-order valence-corrected chi connectivity index (χ3v) is 1.93. The lowest BCUT2D eigenvalue weighted by Gasteiger charge is -2.24. The highest BCUT2D eigenvalue weighted by Crippen LogP contribution is 2.19. The summed E-state index contributed by atoms with van der Waals surface area (Å²) in [4.78, 5) is 22.5. The van der Waals surface area contributed by atoms with Crippen molar-refractivity contribution >= 4 is 11.9 Å². The molecule has 0 saturated heterocycles. The van der Waals surface area contributed by atoms with Crippen LogP contribution < -0.4 is 0 Å². The van der Waals surface area contributed by atoms with Crippen LogP contribution in [0.25, 0.3) is 0 Å². The van der Waals surface area contributed by atoms with Crippen molar-refractivity contribution in [3.63, 3.8) is 0 Å². The molecule has 0 aromatic carbocycles. The number of rotatable bonds is 5. The summed E-state index contributed by atoms with van der Waals surface area (Å²) in [5, 5.41) is 0. The van der Waals surface area contributed by atoms with Gasteiger partial charge >= 0.3 is 18.1 Å². The summed E-state index contributed by atoms with van der Waals surface area (Å²) < 4.78 is 41.1. The number of esters is 1. The Morgan fingerprint density at radius 2 is 1.82 bits per heavy atom. The van der Waals surface area contributed by atoms with Gasteiger partial charge in [0.05, 0.1) is 13.5 Å². The van der Waals surface area contributed by atoms with E-state index in [2.05, 4.69) is 4.74 Å². The molecular formula is C10H16F3NO3. The first-order valence-corrected chi connectivity index (χ1v) is 5.11. The Morgan fingerprint density at radius 1 is 1.29 bits per heavy atom. The lowest BCUT2D eigenvalue weighted by atomic mass is 10.2. The quantitative estimate of drug-likeness (QED) is 0.701. The van der Waals surface area contributed by atoms with Gasteiger partial charge < -0.3 is 9.64 Å². The van der Waals surface area contributed by atoms with Crippen LogP contribution >= 0.6 is 0 Å². The normalized spacial score (nSPS) is 11.5. The molecule has 0 unspecified atom stereocenters. The van der Waals surface area contributed by atoms with Crippen LogP contribution in [0.2, 0.25) is 0 Å². The van der Waals surface area contributed by atoms with Gasteiger partial charge in [-0.3, -0.25) is 9.59 Å². The van der Waals surface area contributed by atoms with E-state index in [9.17, 15) is 22.8 Å². The largest absolute Gasteiger partial charge is 0.471 e. The molecule has 0 aliphatic carbocycles. The Kier molecular flexibility index (Phi) is 5.98. The van der Waals surface area contributed by atoms with Gasteiger partial charge in [-0.15, -0.1) is 0 Å². The third kappa shape index (κ3) is 6.13. The SMILES string of the molecule is COC(=O)CCN(CC(C)C)C(=O)C(F)(F)F. The zero-order chi connectivity index (χ0) is 13.6. The summed E-state index contributed by atoms with van der Waals surface area (Å²) >= 11 is 0. The minimum absolute atomic E-state index is 0.0463. The Morgan fingerprint density at radius 3 is 2.18 bits per heavy atom. The van der Waals surface area contributed by atoms with E-state index in [-0.39, 0.29) is 25.4 Å². The number of carbonyl (C=O) groups excluding carboxylic acids is 2. The molecule has 0 bridgehead atoms. The Bertz CT molecular complexity index is 276. The molecular weight excluding hydrogens is 239 g/mol. The molecule has 7 heteroatoms. The summed E-state index contributed by atoms with van der Waals surface area (Å²) in [5.74, 6) is -2.68. The number of ether oxygens (including phenoxy) is 1. The van der Waals surface area contributed by atoms with Gasteiger partial charge in [-0.2, -0.15) is 13.2 Å². The van der Waals surface area contributed by atoms with E-state index in [1.807, 2.05) is 0 Å². The highest BCUT2D eigenvalue weighted by atomic mass is 19.4. The average molecular weight is 255 g/mol. The van der Waals surface area contributed by atoms with Gasteiger partial charge in [-0.1, -0.05) is 13.8 Å². The molecule has 0 aromatic rings. The van der Waals surface area contributed by atoms with Gasteiger partial charge in [-0.25, -0.2) is 0 Å². The summed E-state index contributed by atoms with van der Waals surface area (Å²) in [7, 11) is 1.14. The van der Waals surface area contributed by atoms with Crippen molar-refractivity contribution in [1.82, 2.24) is 4.90 Å².